The number of esters is 1. The molecule has 1 atom stereocenters. The predicted octanol–water partition coefficient (Wildman–Crippen LogP) is 1.27. The number of hydrogen-bond donors (Lipinski definition) is 1. The molecular weight excluding hydrogens is 276 g/mol. The van der Waals surface area contributed by atoms with Crippen LogP contribution in [-0.2, 0) is 9.53 Å². The van der Waals surface area contributed by atoms with Crippen molar-refractivity contribution in [3.8, 4) is 0 Å². The first-order valence-electron chi connectivity index (χ1n) is 6.19. The van der Waals surface area contributed by atoms with Crippen LogP contribution in [0.5, 0.6) is 0 Å². The molecule has 2 aromatic heterocycles. The number of amides is 1. The lowest BCUT2D eigenvalue weighted by molar-refractivity contribution is -0.123. The Hall–Kier alpha value is -2.77. The third kappa shape index (κ3) is 3.85. The van der Waals surface area contributed by atoms with Crippen molar-refractivity contribution in [1.82, 2.24) is 15.1 Å². The van der Waals surface area contributed by atoms with E-state index in [-0.39, 0.29) is 11.5 Å². The van der Waals surface area contributed by atoms with E-state index in [4.69, 9.17) is 9.26 Å². The first-order valence-corrected chi connectivity index (χ1v) is 6.19. The summed E-state index contributed by atoms with van der Waals surface area (Å²) in [5.74, 6) is -0.418. The van der Waals surface area contributed by atoms with Gasteiger partial charge in [0.2, 0.25) is 0 Å². The molecule has 2 aromatic rings. The molecule has 2 heterocycles. The molecule has 0 aliphatic heterocycles. The van der Waals surface area contributed by atoms with Crippen molar-refractivity contribution in [2.45, 2.75) is 26.9 Å². The molecule has 0 bridgehead atoms. The molecule has 0 aliphatic rings. The van der Waals surface area contributed by atoms with Gasteiger partial charge in [-0.2, -0.15) is 0 Å². The molecule has 1 amide bonds. The van der Waals surface area contributed by atoms with E-state index in [0.29, 0.717) is 11.5 Å². The van der Waals surface area contributed by atoms with Gasteiger partial charge in [-0.05, 0) is 20.8 Å². The minimum absolute atomic E-state index is 0.0394. The lowest BCUT2D eigenvalue weighted by Crippen LogP contribution is -2.30. The van der Waals surface area contributed by atoms with Gasteiger partial charge in [0.05, 0.1) is 11.9 Å². The maximum absolute atomic E-state index is 11.8. The largest absolute Gasteiger partial charge is 0.448 e. The fraction of sp³-hybridized carbons (Fsp3) is 0.308. The molecule has 0 aromatic carbocycles. The molecule has 0 aliphatic carbocycles. The highest BCUT2D eigenvalue weighted by atomic mass is 16.5. The summed E-state index contributed by atoms with van der Waals surface area (Å²) in [4.78, 5) is 31.4. The molecule has 21 heavy (non-hydrogen) atoms. The molecule has 0 saturated carbocycles. The quantitative estimate of drug-likeness (QED) is 0.844. The van der Waals surface area contributed by atoms with E-state index >= 15 is 0 Å². The average Bonchev–Trinajstić information content (AvgIpc) is 2.84. The SMILES string of the molecule is Cc1cnc(C(=O)O[C@@H](C)C(=O)Nc2cc(C)on2)cn1. The van der Waals surface area contributed by atoms with E-state index in [2.05, 4.69) is 20.4 Å². The summed E-state index contributed by atoms with van der Waals surface area (Å²) in [7, 11) is 0. The van der Waals surface area contributed by atoms with Crippen molar-refractivity contribution in [3.05, 3.63) is 35.6 Å². The molecule has 0 unspecified atom stereocenters. The van der Waals surface area contributed by atoms with Crippen molar-refractivity contribution in [3.63, 3.8) is 0 Å². The van der Waals surface area contributed by atoms with Crippen LogP contribution in [0.15, 0.2) is 23.0 Å². The molecule has 0 spiro atoms. The van der Waals surface area contributed by atoms with Gasteiger partial charge in [0.15, 0.2) is 17.6 Å². The van der Waals surface area contributed by atoms with Gasteiger partial charge in [-0.25, -0.2) is 9.78 Å². The van der Waals surface area contributed by atoms with Gasteiger partial charge in [-0.15, -0.1) is 0 Å². The molecule has 0 saturated heterocycles. The van der Waals surface area contributed by atoms with Crippen molar-refractivity contribution < 1.29 is 18.8 Å². The second kappa shape index (κ2) is 6.12. The van der Waals surface area contributed by atoms with Crippen molar-refractivity contribution in [2.75, 3.05) is 5.32 Å². The third-order valence-corrected chi connectivity index (χ3v) is 2.52. The molecule has 0 fully saturated rings. The zero-order valence-corrected chi connectivity index (χ0v) is 11.8. The Bertz CT molecular complexity index is 650. The van der Waals surface area contributed by atoms with E-state index in [1.54, 1.807) is 19.9 Å². The van der Waals surface area contributed by atoms with Gasteiger partial charge in [0.25, 0.3) is 5.91 Å². The number of nitrogens with one attached hydrogen (secondary N) is 1. The normalized spacial score (nSPS) is 11.8. The van der Waals surface area contributed by atoms with Crippen LogP contribution >= 0.6 is 0 Å². The Kier molecular flexibility index (Phi) is 4.27. The van der Waals surface area contributed by atoms with E-state index in [0.717, 1.165) is 0 Å². The van der Waals surface area contributed by atoms with Gasteiger partial charge in [0, 0.05) is 12.3 Å². The van der Waals surface area contributed by atoms with Gasteiger partial charge in [-0.3, -0.25) is 9.78 Å². The monoisotopic (exact) mass is 290 g/mol. The Morgan fingerprint density at radius 1 is 1.29 bits per heavy atom. The fourth-order valence-corrected chi connectivity index (χ4v) is 1.43. The summed E-state index contributed by atoms with van der Waals surface area (Å²) in [6.07, 6.45) is 1.74. The number of carbonyl (C=O) groups excluding carboxylic acids is 2. The summed E-state index contributed by atoms with van der Waals surface area (Å²) < 4.78 is 9.82. The Morgan fingerprint density at radius 3 is 2.62 bits per heavy atom. The summed E-state index contributed by atoms with van der Waals surface area (Å²) >= 11 is 0. The lowest BCUT2D eigenvalue weighted by atomic mass is 10.3. The van der Waals surface area contributed by atoms with E-state index in [1.807, 2.05) is 0 Å². The Morgan fingerprint density at radius 2 is 2.05 bits per heavy atom. The van der Waals surface area contributed by atoms with Crippen LogP contribution in [-0.4, -0.2) is 33.1 Å². The summed E-state index contributed by atoms with van der Waals surface area (Å²) in [6, 6.07) is 1.55. The summed E-state index contributed by atoms with van der Waals surface area (Å²) in [6.45, 7) is 4.89. The number of anilines is 1. The standard InChI is InChI=1S/C13H14N4O4/c1-7-5-15-10(6-14-7)13(19)20-9(3)12(18)16-11-4-8(2)21-17-11/h4-6,9H,1-3H3,(H,16,17,18)/t9-/m0/s1. The zero-order chi connectivity index (χ0) is 15.4. The number of ether oxygens (including phenoxy) is 1. The van der Waals surface area contributed by atoms with Crippen molar-refractivity contribution in [2.24, 2.45) is 0 Å². The zero-order valence-electron chi connectivity index (χ0n) is 11.8. The van der Waals surface area contributed by atoms with Crippen LogP contribution < -0.4 is 5.32 Å². The van der Waals surface area contributed by atoms with Crippen LogP contribution in [0.2, 0.25) is 0 Å². The smallest absolute Gasteiger partial charge is 0.359 e. The van der Waals surface area contributed by atoms with E-state index in [9.17, 15) is 9.59 Å². The molecular formula is C13H14N4O4. The minimum Gasteiger partial charge on any atom is -0.448 e. The second-order valence-electron chi connectivity index (χ2n) is 4.40. The maximum atomic E-state index is 11.8. The van der Waals surface area contributed by atoms with Gasteiger partial charge < -0.3 is 14.6 Å². The number of rotatable bonds is 4. The Balaban J connectivity index is 1.93. The van der Waals surface area contributed by atoms with Crippen molar-refractivity contribution in [1.29, 1.82) is 0 Å². The van der Waals surface area contributed by atoms with Crippen molar-refractivity contribution >= 4 is 17.7 Å². The highest BCUT2D eigenvalue weighted by Gasteiger charge is 2.20. The number of hydrogen-bond acceptors (Lipinski definition) is 7. The van der Waals surface area contributed by atoms with E-state index in [1.165, 1.54) is 19.3 Å². The topological polar surface area (TPSA) is 107 Å². The number of nitrogens with zero attached hydrogens (tertiary/aromatic N) is 3. The van der Waals surface area contributed by atoms with Crippen LogP contribution in [0.4, 0.5) is 5.82 Å². The van der Waals surface area contributed by atoms with Gasteiger partial charge in [0.1, 0.15) is 5.76 Å². The minimum atomic E-state index is -1.00. The first kappa shape index (κ1) is 14.6. The highest BCUT2D eigenvalue weighted by molar-refractivity contribution is 5.96. The molecule has 110 valence electrons. The van der Waals surface area contributed by atoms with Gasteiger partial charge in [-0.1, -0.05) is 5.16 Å². The number of aromatic nitrogens is 3. The molecule has 2 rings (SSSR count). The van der Waals surface area contributed by atoms with Crippen LogP contribution in [0, 0.1) is 13.8 Å². The summed E-state index contributed by atoms with van der Waals surface area (Å²) in [5, 5.41) is 6.09. The van der Waals surface area contributed by atoms with E-state index < -0.39 is 18.0 Å². The lowest BCUT2D eigenvalue weighted by Gasteiger charge is -2.11. The molecule has 8 heteroatoms. The average molecular weight is 290 g/mol. The molecule has 0 radical (unpaired) electrons. The van der Waals surface area contributed by atoms with Crippen LogP contribution in [0.25, 0.3) is 0 Å². The highest BCUT2D eigenvalue weighted by Crippen LogP contribution is 2.09. The van der Waals surface area contributed by atoms with Crippen LogP contribution in [0.3, 0.4) is 0 Å². The van der Waals surface area contributed by atoms with Crippen LogP contribution in [0.1, 0.15) is 28.9 Å². The third-order valence-electron chi connectivity index (χ3n) is 2.52. The molecule has 8 nitrogen and oxygen atoms in total. The first-order chi connectivity index (χ1) is 9.95. The number of carbonyl (C=O) groups is 2. The van der Waals surface area contributed by atoms with Gasteiger partial charge >= 0.3 is 5.97 Å². The number of aryl methyl sites for hydroxylation is 2. The second-order valence-corrected chi connectivity index (χ2v) is 4.40. The predicted molar refractivity (Wildman–Crippen MR) is 71.5 cm³/mol. The maximum Gasteiger partial charge on any atom is 0.359 e. The summed E-state index contributed by atoms with van der Waals surface area (Å²) in [5.41, 5.74) is 0.719. The fourth-order valence-electron chi connectivity index (χ4n) is 1.43. The molecule has 1 N–H and O–H groups in total. The Labute approximate surface area is 120 Å².